The first-order chi connectivity index (χ1) is 20.3. The standard InChI is InChI=1S/C30H40N4O7S/c1-21(2)18-34(14-5-12-33-30(35)41-28-20-40-29-25(28)10-15-38-29)42(36,37)24-7-8-27-26(16-24)22(19-39-27)17-31-13-9-23-6-3-4-11-32-23/h3-4,6-8,11,16,19,21,25,28-29,31H,5,9-10,12-15,17-18,20H2,1-2H3,(H,33,35)/t25-,28?,29+/m0/s1. The second-order valence-electron chi connectivity index (χ2n) is 11.2. The Morgan fingerprint density at radius 1 is 1.19 bits per heavy atom. The lowest BCUT2D eigenvalue weighted by molar-refractivity contribution is -0.0907. The van der Waals surface area contributed by atoms with E-state index in [0.717, 1.165) is 36.0 Å². The summed E-state index contributed by atoms with van der Waals surface area (Å²) >= 11 is 0. The molecular formula is C30H40N4O7S. The van der Waals surface area contributed by atoms with Gasteiger partial charge in [0.15, 0.2) is 6.29 Å². The van der Waals surface area contributed by atoms with E-state index in [9.17, 15) is 13.2 Å². The summed E-state index contributed by atoms with van der Waals surface area (Å²) < 4.78 is 51.2. The van der Waals surface area contributed by atoms with Gasteiger partial charge in [0.05, 0.1) is 30.3 Å². The van der Waals surface area contributed by atoms with Gasteiger partial charge in [-0.25, -0.2) is 13.2 Å². The highest BCUT2D eigenvalue weighted by Gasteiger charge is 2.43. The number of nitrogens with zero attached hydrogens (tertiary/aromatic N) is 2. The van der Waals surface area contributed by atoms with Crippen LogP contribution in [0.15, 0.2) is 58.2 Å². The van der Waals surface area contributed by atoms with Crippen LogP contribution in [0.3, 0.4) is 0 Å². The molecule has 0 aliphatic carbocycles. The molecule has 2 aliphatic rings. The molecule has 1 amide bonds. The van der Waals surface area contributed by atoms with Gasteiger partial charge in [0.2, 0.25) is 10.0 Å². The maximum Gasteiger partial charge on any atom is 0.407 e. The number of fused-ring (bicyclic) bond motifs is 2. The largest absolute Gasteiger partial charge is 0.464 e. The Morgan fingerprint density at radius 3 is 2.88 bits per heavy atom. The molecule has 12 heteroatoms. The van der Waals surface area contributed by atoms with E-state index in [1.54, 1.807) is 30.7 Å². The highest BCUT2D eigenvalue weighted by atomic mass is 32.2. The Labute approximate surface area is 246 Å². The normalized spacial score (nSPS) is 20.4. The number of amides is 1. The Kier molecular flexibility index (Phi) is 10.1. The van der Waals surface area contributed by atoms with E-state index in [1.165, 1.54) is 4.31 Å². The minimum Gasteiger partial charge on any atom is -0.464 e. The number of carbonyl (C=O) groups is 1. The fourth-order valence-corrected chi connectivity index (χ4v) is 7.05. The van der Waals surface area contributed by atoms with Gasteiger partial charge in [-0.05, 0) is 49.1 Å². The maximum atomic E-state index is 13.8. The van der Waals surface area contributed by atoms with Crippen LogP contribution < -0.4 is 10.6 Å². The summed E-state index contributed by atoms with van der Waals surface area (Å²) in [7, 11) is -3.78. The molecule has 0 spiro atoms. The number of sulfonamides is 1. The lowest BCUT2D eigenvalue weighted by Crippen LogP contribution is -2.37. The van der Waals surface area contributed by atoms with Crippen LogP contribution in [0, 0.1) is 11.8 Å². The summed E-state index contributed by atoms with van der Waals surface area (Å²) in [5, 5.41) is 6.91. The van der Waals surface area contributed by atoms with Crippen molar-refractivity contribution in [1.29, 1.82) is 0 Å². The molecule has 4 heterocycles. The van der Waals surface area contributed by atoms with Crippen molar-refractivity contribution < 1.29 is 31.8 Å². The molecule has 3 atom stereocenters. The third kappa shape index (κ3) is 7.48. The summed E-state index contributed by atoms with van der Waals surface area (Å²) in [5.41, 5.74) is 2.54. The number of pyridine rings is 1. The zero-order valence-corrected chi connectivity index (χ0v) is 25.0. The van der Waals surface area contributed by atoms with Crippen molar-refractivity contribution >= 4 is 27.1 Å². The number of hydrogen-bond donors (Lipinski definition) is 2. The monoisotopic (exact) mass is 600 g/mol. The molecule has 5 rings (SSSR count). The molecule has 2 aromatic heterocycles. The van der Waals surface area contributed by atoms with E-state index in [-0.39, 0.29) is 42.2 Å². The molecule has 0 bridgehead atoms. The summed E-state index contributed by atoms with van der Waals surface area (Å²) in [5.74, 6) is 0.191. The number of aromatic nitrogens is 1. The predicted molar refractivity (Wildman–Crippen MR) is 156 cm³/mol. The number of ether oxygens (including phenoxy) is 3. The van der Waals surface area contributed by atoms with Gasteiger partial charge in [0, 0.05) is 62.0 Å². The van der Waals surface area contributed by atoms with Crippen molar-refractivity contribution in [2.24, 2.45) is 11.8 Å². The number of hydrogen-bond acceptors (Lipinski definition) is 9. The summed E-state index contributed by atoms with van der Waals surface area (Å²) in [6.07, 6.45) is 4.34. The zero-order chi connectivity index (χ0) is 29.5. The van der Waals surface area contributed by atoms with E-state index in [1.807, 2.05) is 32.0 Å². The number of rotatable bonds is 14. The van der Waals surface area contributed by atoms with E-state index in [4.69, 9.17) is 18.6 Å². The summed E-state index contributed by atoms with van der Waals surface area (Å²) in [6, 6.07) is 10.8. The van der Waals surface area contributed by atoms with Crippen LogP contribution in [0.4, 0.5) is 4.79 Å². The van der Waals surface area contributed by atoms with Gasteiger partial charge in [0.25, 0.3) is 0 Å². The zero-order valence-electron chi connectivity index (χ0n) is 24.2. The highest BCUT2D eigenvalue weighted by molar-refractivity contribution is 7.89. The van der Waals surface area contributed by atoms with Crippen LogP contribution in [0.1, 0.15) is 37.9 Å². The van der Waals surface area contributed by atoms with Crippen LogP contribution in [0.5, 0.6) is 0 Å². The highest BCUT2D eigenvalue weighted by Crippen LogP contribution is 2.33. The second kappa shape index (κ2) is 14.0. The van der Waals surface area contributed by atoms with Gasteiger partial charge < -0.3 is 29.3 Å². The van der Waals surface area contributed by atoms with E-state index in [0.29, 0.717) is 38.3 Å². The van der Waals surface area contributed by atoms with E-state index < -0.39 is 16.1 Å². The molecule has 11 nitrogen and oxygen atoms in total. The number of benzene rings is 1. The fourth-order valence-electron chi connectivity index (χ4n) is 5.38. The fraction of sp³-hybridized carbons (Fsp3) is 0.533. The smallest absolute Gasteiger partial charge is 0.407 e. The van der Waals surface area contributed by atoms with Crippen LogP contribution in [0.2, 0.25) is 0 Å². The molecule has 2 saturated heterocycles. The molecule has 1 unspecified atom stereocenters. The van der Waals surface area contributed by atoms with Crippen molar-refractivity contribution in [3.63, 3.8) is 0 Å². The Morgan fingerprint density at radius 2 is 2.07 bits per heavy atom. The topological polar surface area (TPSA) is 132 Å². The van der Waals surface area contributed by atoms with Crippen molar-refractivity contribution in [2.45, 2.75) is 56.9 Å². The average molecular weight is 601 g/mol. The van der Waals surface area contributed by atoms with Crippen LogP contribution >= 0.6 is 0 Å². The molecule has 2 aliphatic heterocycles. The SMILES string of the molecule is CC(C)CN(CCCNC(=O)OC1CO[C@H]2OCC[C@@H]12)S(=O)(=O)c1ccc2occ(CNCCc3ccccn3)c2c1. The van der Waals surface area contributed by atoms with Gasteiger partial charge in [-0.2, -0.15) is 4.31 Å². The van der Waals surface area contributed by atoms with Gasteiger partial charge in [-0.15, -0.1) is 0 Å². The summed E-state index contributed by atoms with van der Waals surface area (Å²) in [4.78, 5) is 16.9. The Balaban J connectivity index is 1.16. The number of carbonyl (C=O) groups excluding carboxylic acids is 1. The number of alkyl carbamates (subject to hydrolysis) is 1. The van der Waals surface area contributed by atoms with Gasteiger partial charge in [0.1, 0.15) is 11.7 Å². The minimum absolute atomic E-state index is 0.0675. The van der Waals surface area contributed by atoms with Crippen molar-refractivity contribution in [2.75, 3.05) is 39.4 Å². The predicted octanol–water partition coefficient (Wildman–Crippen LogP) is 3.68. The van der Waals surface area contributed by atoms with Gasteiger partial charge >= 0.3 is 6.09 Å². The molecule has 0 saturated carbocycles. The van der Waals surface area contributed by atoms with E-state index in [2.05, 4.69) is 15.6 Å². The minimum atomic E-state index is -3.78. The Hall–Kier alpha value is -3.03. The lowest BCUT2D eigenvalue weighted by Gasteiger charge is -2.24. The second-order valence-corrected chi connectivity index (χ2v) is 13.1. The Bertz CT molecular complexity index is 1430. The molecule has 3 aromatic rings. The van der Waals surface area contributed by atoms with Crippen molar-refractivity contribution in [1.82, 2.24) is 19.9 Å². The number of nitrogens with one attached hydrogen (secondary N) is 2. The first kappa shape index (κ1) is 30.4. The van der Waals surface area contributed by atoms with Crippen molar-refractivity contribution in [3.8, 4) is 0 Å². The van der Waals surface area contributed by atoms with Crippen LogP contribution in [-0.4, -0.2) is 75.6 Å². The van der Waals surface area contributed by atoms with Gasteiger partial charge in [-0.3, -0.25) is 4.98 Å². The number of furan rings is 1. The molecular weight excluding hydrogens is 560 g/mol. The van der Waals surface area contributed by atoms with Crippen LogP contribution in [0.25, 0.3) is 11.0 Å². The molecule has 0 radical (unpaired) electrons. The lowest BCUT2D eigenvalue weighted by atomic mass is 10.0. The maximum absolute atomic E-state index is 13.8. The van der Waals surface area contributed by atoms with Crippen molar-refractivity contribution in [3.05, 3.63) is 60.1 Å². The molecule has 2 N–H and O–H groups in total. The first-order valence-electron chi connectivity index (χ1n) is 14.6. The van der Waals surface area contributed by atoms with E-state index >= 15 is 0 Å². The molecule has 42 heavy (non-hydrogen) atoms. The third-order valence-electron chi connectivity index (χ3n) is 7.53. The third-order valence-corrected chi connectivity index (χ3v) is 9.39. The van der Waals surface area contributed by atoms with Gasteiger partial charge in [-0.1, -0.05) is 19.9 Å². The first-order valence-corrected chi connectivity index (χ1v) is 16.0. The molecule has 228 valence electrons. The molecule has 1 aromatic carbocycles. The molecule has 2 fully saturated rings. The van der Waals surface area contributed by atoms with Crippen LogP contribution in [-0.2, 0) is 37.2 Å². The quantitative estimate of drug-likeness (QED) is 0.266. The summed E-state index contributed by atoms with van der Waals surface area (Å²) in [6.45, 7) is 7.08. The average Bonchev–Trinajstić information content (AvgIpc) is 3.70.